The van der Waals surface area contributed by atoms with E-state index in [0.717, 1.165) is 12.8 Å². The molecule has 122 valence electrons. The zero-order valence-corrected chi connectivity index (χ0v) is 13.2. The molecule has 0 saturated carbocycles. The van der Waals surface area contributed by atoms with E-state index in [2.05, 4.69) is 0 Å². The van der Waals surface area contributed by atoms with Gasteiger partial charge in [0.1, 0.15) is 0 Å². The van der Waals surface area contributed by atoms with E-state index in [0.29, 0.717) is 12.2 Å². The summed E-state index contributed by atoms with van der Waals surface area (Å²) in [7, 11) is -3.86. The quantitative estimate of drug-likeness (QED) is 0.713. The molecule has 1 aromatic rings. The van der Waals surface area contributed by atoms with Gasteiger partial charge in [-0.15, -0.1) is 0 Å². The Kier molecular flexibility index (Phi) is 6.15. The first-order valence-electron chi connectivity index (χ1n) is 7.34. The number of benzene rings is 1. The van der Waals surface area contributed by atoms with Crippen molar-refractivity contribution in [1.82, 2.24) is 0 Å². The summed E-state index contributed by atoms with van der Waals surface area (Å²) >= 11 is 0. The van der Waals surface area contributed by atoms with Crippen LogP contribution < -0.4 is 0 Å². The minimum absolute atomic E-state index is 0.0931. The second-order valence-corrected chi connectivity index (χ2v) is 7.21. The van der Waals surface area contributed by atoms with E-state index in [1.165, 1.54) is 0 Å². The maximum Gasteiger partial charge on any atom is 0.332 e. The molecule has 1 heterocycles. The van der Waals surface area contributed by atoms with E-state index in [9.17, 15) is 14.3 Å². The maximum absolute atomic E-state index is 12.3. The lowest BCUT2D eigenvalue weighted by molar-refractivity contribution is -0.138. The molecule has 0 amide bonds. The first kappa shape index (κ1) is 17.2. The van der Waals surface area contributed by atoms with Gasteiger partial charge in [0.25, 0.3) is 0 Å². The molecule has 1 aromatic carbocycles. The van der Waals surface area contributed by atoms with Gasteiger partial charge in [-0.1, -0.05) is 30.3 Å². The summed E-state index contributed by atoms with van der Waals surface area (Å²) < 4.78 is 23.2. The molecule has 7 heteroatoms. The molecule has 1 aliphatic rings. The summed E-state index contributed by atoms with van der Waals surface area (Å²) in [4.78, 5) is 20.8. The standard InChI is InChI=1S/C15H21O6P/c16-15(17)9-8-14(13-7-4-10-20-13)21-22(18,19)11-12-5-2-1-3-6-12/h1-3,5-6,13-14H,4,7-11H2,(H,16,17)(H,18,19). The second kappa shape index (κ2) is 7.88. The van der Waals surface area contributed by atoms with Crippen LogP contribution in [0.5, 0.6) is 0 Å². The van der Waals surface area contributed by atoms with Crippen molar-refractivity contribution in [3.63, 3.8) is 0 Å². The smallest absolute Gasteiger partial charge is 0.332 e. The highest BCUT2D eigenvalue weighted by Gasteiger charge is 2.33. The molecule has 0 aromatic heterocycles. The van der Waals surface area contributed by atoms with E-state index >= 15 is 0 Å². The van der Waals surface area contributed by atoms with E-state index in [1.54, 1.807) is 24.3 Å². The molecule has 1 aliphatic heterocycles. The van der Waals surface area contributed by atoms with Crippen molar-refractivity contribution in [1.29, 1.82) is 0 Å². The van der Waals surface area contributed by atoms with Crippen LogP contribution in [0.15, 0.2) is 30.3 Å². The maximum atomic E-state index is 12.3. The van der Waals surface area contributed by atoms with Crippen LogP contribution in [-0.4, -0.2) is 34.8 Å². The molecule has 0 radical (unpaired) electrons. The molecule has 1 saturated heterocycles. The summed E-state index contributed by atoms with van der Waals surface area (Å²) in [6, 6.07) is 8.92. The van der Waals surface area contributed by atoms with Gasteiger partial charge >= 0.3 is 13.6 Å². The summed E-state index contributed by atoms with van der Waals surface area (Å²) in [5.74, 6) is -0.956. The zero-order valence-electron chi connectivity index (χ0n) is 12.3. The molecule has 0 bridgehead atoms. The van der Waals surface area contributed by atoms with Crippen LogP contribution >= 0.6 is 7.60 Å². The highest BCUT2D eigenvalue weighted by molar-refractivity contribution is 7.52. The normalized spacial score (nSPS) is 22.1. The van der Waals surface area contributed by atoms with Crippen molar-refractivity contribution in [2.75, 3.05) is 6.61 Å². The molecule has 6 nitrogen and oxygen atoms in total. The minimum atomic E-state index is -3.86. The number of carbonyl (C=O) groups is 1. The van der Waals surface area contributed by atoms with Crippen LogP contribution in [0.4, 0.5) is 0 Å². The van der Waals surface area contributed by atoms with E-state index < -0.39 is 19.7 Å². The highest BCUT2D eigenvalue weighted by Crippen LogP contribution is 2.48. The van der Waals surface area contributed by atoms with Crippen molar-refractivity contribution in [2.24, 2.45) is 0 Å². The van der Waals surface area contributed by atoms with Crippen molar-refractivity contribution in [2.45, 2.75) is 44.1 Å². The largest absolute Gasteiger partial charge is 0.481 e. The Hall–Kier alpha value is -1.20. The topological polar surface area (TPSA) is 93.1 Å². The molecular weight excluding hydrogens is 307 g/mol. The number of hydrogen-bond donors (Lipinski definition) is 2. The third kappa shape index (κ3) is 5.54. The van der Waals surface area contributed by atoms with Crippen LogP contribution in [-0.2, 0) is 24.8 Å². The fourth-order valence-electron chi connectivity index (χ4n) is 2.53. The van der Waals surface area contributed by atoms with Crippen LogP contribution in [0.2, 0.25) is 0 Å². The summed E-state index contributed by atoms with van der Waals surface area (Å²) in [5, 5.41) is 8.81. The number of aliphatic carboxylic acids is 1. The second-order valence-electron chi connectivity index (χ2n) is 5.41. The minimum Gasteiger partial charge on any atom is -0.481 e. The predicted molar refractivity (Wildman–Crippen MR) is 80.7 cm³/mol. The van der Waals surface area contributed by atoms with Gasteiger partial charge in [-0.2, -0.15) is 0 Å². The number of carboxylic acid groups (broad SMARTS) is 1. The number of rotatable bonds is 8. The van der Waals surface area contributed by atoms with Gasteiger partial charge in [0.2, 0.25) is 0 Å². The van der Waals surface area contributed by atoms with Crippen LogP contribution in [0.25, 0.3) is 0 Å². The van der Waals surface area contributed by atoms with Crippen LogP contribution in [0.1, 0.15) is 31.2 Å². The van der Waals surface area contributed by atoms with Gasteiger partial charge in [0.15, 0.2) is 0 Å². The Morgan fingerprint density at radius 2 is 2.14 bits per heavy atom. The monoisotopic (exact) mass is 328 g/mol. The van der Waals surface area contributed by atoms with E-state index in [4.69, 9.17) is 14.4 Å². The molecule has 0 aliphatic carbocycles. The van der Waals surface area contributed by atoms with Gasteiger partial charge in [-0.3, -0.25) is 9.36 Å². The third-order valence-corrected chi connectivity index (χ3v) is 4.91. The third-order valence-electron chi connectivity index (χ3n) is 3.55. The molecule has 2 rings (SSSR count). The Morgan fingerprint density at radius 1 is 1.41 bits per heavy atom. The SMILES string of the molecule is O=C(O)CCC(OP(=O)(O)Cc1ccccc1)C1CCCO1. The van der Waals surface area contributed by atoms with Crippen molar-refractivity contribution < 1.29 is 28.6 Å². The Balaban J connectivity index is 2.00. The first-order valence-corrected chi connectivity index (χ1v) is 9.10. The highest BCUT2D eigenvalue weighted by atomic mass is 31.2. The predicted octanol–water partition coefficient (Wildman–Crippen LogP) is 2.80. The van der Waals surface area contributed by atoms with Crippen molar-refractivity contribution >= 4 is 13.6 Å². The number of carboxylic acids is 1. The first-order chi connectivity index (χ1) is 10.5. The lowest BCUT2D eigenvalue weighted by Gasteiger charge is -2.25. The molecule has 0 spiro atoms. The number of hydrogen-bond acceptors (Lipinski definition) is 4. The fraction of sp³-hybridized carbons (Fsp3) is 0.533. The Morgan fingerprint density at radius 3 is 2.73 bits per heavy atom. The molecule has 1 fully saturated rings. The van der Waals surface area contributed by atoms with Crippen molar-refractivity contribution in [3.8, 4) is 0 Å². The fourth-order valence-corrected chi connectivity index (χ4v) is 3.94. The Bertz CT molecular complexity index is 526. The number of ether oxygens (including phenoxy) is 1. The van der Waals surface area contributed by atoms with Crippen LogP contribution in [0.3, 0.4) is 0 Å². The summed E-state index contributed by atoms with van der Waals surface area (Å²) in [6.07, 6.45) is 0.551. The van der Waals surface area contributed by atoms with Crippen LogP contribution in [0, 0.1) is 0 Å². The molecule has 3 atom stereocenters. The summed E-state index contributed by atoms with van der Waals surface area (Å²) in [6.45, 7) is 0.575. The van der Waals surface area contributed by atoms with Gasteiger partial charge in [-0.25, -0.2) is 0 Å². The van der Waals surface area contributed by atoms with E-state index in [-0.39, 0.29) is 25.1 Å². The Labute approximate surface area is 129 Å². The lowest BCUT2D eigenvalue weighted by Crippen LogP contribution is -2.28. The van der Waals surface area contributed by atoms with Crippen molar-refractivity contribution in [3.05, 3.63) is 35.9 Å². The molecule has 3 unspecified atom stereocenters. The zero-order chi connectivity index (χ0) is 16.0. The molecule has 22 heavy (non-hydrogen) atoms. The van der Waals surface area contributed by atoms with Gasteiger partial charge in [0, 0.05) is 13.0 Å². The molecular formula is C15H21O6P. The lowest BCUT2D eigenvalue weighted by atomic mass is 10.1. The van der Waals surface area contributed by atoms with Gasteiger partial charge in [0.05, 0.1) is 18.4 Å². The average molecular weight is 328 g/mol. The summed E-state index contributed by atoms with van der Waals surface area (Å²) in [5.41, 5.74) is 0.706. The average Bonchev–Trinajstić information content (AvgIpc) is 2.98. The van der Waals surface area contributed by atoms with E-state index in [1.807, 2.05) is 6.07 Å². The molecule has 2 N–H and O–H groups in total. The van der Waals surface area contributed by atoms with Gasteiger partial charge < -0.3 is 19.3 Å². The van der Waals surface area contributed by atoms with Gasteiger partial charge in [-0.05, 0) is 24.8 Å².